The highest BCUT2D eigenvalue weighted by molar-refractivity contribution is 6.03. The maximum absolute atomic E-state index is 13.7. The number of nitrogens with zero attached hydrogens (tertiary/aromatic N) is 2. The molecule has 0 aliphatic carbocycles. The summed E-state index contributed by atoms with van der Waals surface area (Å²) < 4.78 is 43.7. The SMILES string of the molecule is O=C(O)c1coc(COC2(CCc3ccc([C@@H]4[C@@H](CCC(O)c5ccc(F)cc5)C(=O)N4c4ccc(F)cc4)cc3)COC2)n1. The number of carbonyl (C=O) groups excluding carboxylic acids is 1. The zero-order chi connectivity index (χ0) is 31.6. The van der Waals surface area contributed by atoms with Crippen molar-refractivity contribution >= 4 is 17.6 Å². The number of hydrogen-bond acceptors (Lipinski definition) is 7. The quantitative estimate of drug-likeness (QED) is 0.181. The van der Waals surface area contributed by atoms with Crippen molar-refractivity contribution in [2.24, 2.45) is 5.92 Å². The summed E-state index contributed by atoms with van der Waals surface area (Å²) in [4.78, 5) is 30.0. The Morgan fingerprint density at radius 3 is 2.29 bits per heavy atom. The molecule has 4 aromatic rings. The van der Waals surface area contributed by atoms with Crippen LogP contribution in [0.2, 0.25) is 0 Å². The molecule has 3 aromatic carbocycles. The summed E-state index contributed by atoms with van der Waals surface area (Å²) in [6, 6.07) is 19.2. The number of ether oxygens (including phenoxy) is 2. The van der Waals surface area contributed by atoms with E-state index in [0.29, 0.717) is 50.1 Å². The number of oxazole rings is 1. The lowest BCUT2D eigenvalue weighted by atomic mass is 9.78. The van der Waals surface area contributed by atoms with Crippen molar-refractivity contribution in [3.05, 3.63) is 119 Å². The molecule has 3 atom stereocenters. The first-order valence-corrected chi connectivity index (χ1v) is 14.7. The molecular formula is C34H32F2N2O7. The Labute approximate surface area is 258 Å². The molecule has 1 unspecified atom stereocenters. The zero-order valence-electron chi connectivity index (χ0n) is 24.3. The fourth-order valence-electron chi connectivity index (χ4n) is 5.86. The second kappa shape index (κ2) is 12.9. The Balaban J connectivity index is 1.12. The predicted molar refractivity (Wildman–Crippen MR) is 157 cm³/mol. The monoisotopic (exact) mass is 618 g/mol. The highest BCUT2D eigenvalue weighted by atomic mass is 19.1. The predicted octanol–water partition coefficient (Wildman–Crippen LogP) is 5.79. The molecule has 2 N–H and O–H groups in total. The van der Waals surface area contributed by atoms with Crippen molar-refractivity contribution in [2.75, 3.05) is 18.1 Å². The van der Waals surface area contributed by atoms with Gasteiger partial charge in [0, 0.05) is 5.69 Å². The molecular weight excluding hydrogens is 586 g/mol. The number of aryl methyl sites for hydroxylation is 1. The number of amides is 1. The van der Waals surface area contributed by atoms with Crippen LogP contribution in [0.1, 0.15) is 64.5 Å². The van der Waals surface area contributed by atoms with Crippen molar-refractivity contribution in [1.82, 2.24) is 4.98 Å². The number of rotatable bonds is 13. The minimum Gasteiger partial charge on any atom is -0.476 e. The number of anilines is 1. The van der Waals surface area contributed by atoms with E-state index >= 15 is 0 Å². The minimum absolute atomic E-state index is 0.0295. The molecule has 1 amide bonds. The average Bonchev–Trinajstić information content (AvgIpc) is 3.50. The maximum atomic E-state index is 13.7. The molecule has 2 aliphatic heterocycles. The lowest BCUT2D eigenvalue weighted by Crippen LogP contribution is -2.55. The van der Waals surface area contributed by atoms with Gasteiger partial charge in [-0.1, -0.05) is 36.4 Å². The Kier molecular flexibility index (Phi) is 8.75. The summed E-state index contributed by atoms with van der Waals surface area (Å²) in [6.45, 7) is 0.835. The van der Waals surface area contributed by atoms with Crippen LogP contribution in [-0.4, -0.2) is 45.9 Å². The van der Waals surface area contributed by atoms with Crippen molar-refractivity contribution < 1.29 is 42.5 Å². The summed E-state index contributed by atoms with van der Waals surface area (Å²) in [7, 11) is 0. The Morgan fingerprint density at radius 1 is 1.02 bits per heavy atom. The minimum atomic E-state index is -1.17. The van der Waals surface area contributed by atoms with E-state index in [0.717, 1.165) is 17.4 Å². The van der Waals surface area contributed by atoms with Gasteiger partial charge in [0.1, 0.15) is 30.1 Å². The molecule has 0 spiro atoms. The molecule has 2 saturated heterocycles. The molecule has 9 nitrogen and oxygen atoms in total. The third-order valence-corrected chi connectivity index (χ3v) is 8.52. The van der Waals surface area contributed by atoms with Crippen molar-refractivity contribution in [1.29, 1.82) is 0 Å². The number of carboxylic acids is 1. The van der Waals surface area contributed by atoms with Gasteiger partial charge in [-0.25, -0.2) is 18.6 Å². The molecule has 2 fully saturated rings. The van der Waals surface area contributed by atoms with E-state index in [1.165, 1.54) is 36.4 Å². The van der Waals surface area contributed by atoms with Crippen molar-refractivity contribution in [3.63, 3.8) is 0 Å². The van der Waals surface area contributed by atoms with Crippen LogP contribution in [0.5, 0.6) is 0 Å². The van der Waals surface area contributed by atoms with Crippen molar-refractivity contribution in [3.8, 4) is 0 Å². The molecule has 45 heavy (non-hydrogen) atoms. The average molecular weight is 619 g/mol. The Morgan fingerprint density at radius 2 is 1.69 bits per heavy atom. The Bertz CT molecular complexity index is 1640. The molecule has 1 aromatic heterocycles. The van der Waals surface area contributed by atoms with Gasteiger partial charge in [0.25, 0.3) is 0 Å². The van der Waals surface area contributed by atoms with E-state index in [4.69, 9.17) is 19.0 Å². The normalized spacial score (nSPS) is 19.5. The first-order chi connectivity index (χ1) is 21.7. The molecule has 2 aliphatic rings. The second-order valence-corrected chi connectivity index (χ2v) is 11.5. The van der Waals surface area contributed by atoms with E-state index in [9.17, 15) is 23.5 Å². The molecule has 0 saturated carbocycles. The maximum Gasteiger partial charge on any atom is 0.357 e. The van der Waals surface area contributed by atoms with Gasteiger partial charge in [0.05, 0.1) is 31.3 Å². The van der Waals surface area contributed by atoms with Gasteiger partial charge >= 0.3 is 5.97 Å². The second-order valence-electron chi connectivity index (χ2n) is 11.5. The number of β-lactam (4-membered cyclic amide) rings is 1. The van der Waals surface area contributed by atoms with E-state index in [2.05, 4.69) is 4.98 Å². The standard InChI is InChI=1S/C34H32F2N2O7/c35-24-7-5-22(6-8-24)29(39)14-13-27-31(38(32(27)40)26-11-9-25(36)10-12-26)23-3-1-21(2-4-23)15-16-34(19-43-20-34)45-18-30-37-28(17-44-30)33(41)42/h1-12,17,27,29,31,39H,13-16,18-20H2,(H,41,42)/t27-,29?,31-/m1/s1. The number of aromatic carboxylic acids is 1. The molecule has 0 bridgehead atoms. The highest BCUT2D eigenvalue weighted by Crippen LogP contribution is 2.46. The first-order valence-electron chi connectivity index (χ1n) is 14.7. The van der Waals surface area contributed by atoms with Crippen LogP contribution in [0, 0.1) is 17.6 Å². The van der Waals surface area contributed by atoms with Gasteiger partial charge in [0.2, 0.25) is 11.8 Å². The summed E-state index contributed by atoms with van der Waals surface area (Å²) in [5, 5.41) is 19.7. The van der Waals surface area contributed by atoms with Crippen LogP contribution in [0.3, 0.4) is 0 Å². The summed E-state index contributed by atoms with van der Waals surface area (Å²) >= 11 is 0. The van der Waals surface area contributed by atoms with Crippen LogP contribution >= 0.6 is 0 Å². The zero-order valence-corrected chi connectivity index (χ0v) is 24.3. The number of carboxylic acid groups (broad SMARTS) is 1. The van der Waals surface area contributed by atoms with Crippen molar-refractivity contribution in [2.45, 2.75) is 50.0 Å². The lowest BCUT2D eigenvalue weighted by Gasteiger charge is -2.48. The van der Waals surface area contributed by atoms with Gasteiger partial charge < -0.3 is 29.0 Å². The molecule has 3 heterocycles. The fourth-order valence-corrected chi connectivity index (χ4v) is 5.86. The summed E-state index contributed by atoms with van der Waals surface area (Å²) in [6.07, 6.45) is 2.33. The van der Waals surface area contributed by atoms with Gasteiger partial charge in [0.15, 0.2) is 5.69 Å². The summed E-state index contributed by atoms with van der Waals surface area (Å²) in [5.74, 6) is -2.26. The van der Waals surface area contributed by atoms with Gasteiger partial charge in [-0.2, -0.15) is 0 Å². The van der Waals surface area contributed by atoms with E-state index < -0.39 is 29.4 Å². The number of benzene rings is 3. The molecule has 6 rings (SSSR count). The third kappa shape index (κ3) is 6.65. The van der Waals surface area contributed by atoms with Crippen LogP contribution in [0.15, 0.2) is 83.5 Å². The smallest absolute Gasteiger partial charge is 0.357 e. The highest BCUT2D eigenvalue weighted by Gasteiger charge is 2.48. The van der Waals surface area contributed by atoms with E-state index in [1.807, 2.05) is 24.3 Å². The number of aromatic nitrogens is 1. The van der Waals surface area contributed by atoms with Crippen LogP contribution in [0.4, 0.5) is 14.5 Å². The van der Waals surface area contributed by atoms with Gasteiger partial charge in [-0.3, -0.25) is 4.79 Å². The molecule has 234 valence electrons. The number of halogens is 2. The van der Waals surface area contributed by atoms with E-state index in [1.54, 1.807) is 17.0 Å². The summed E-state index contributed by atoms with van der Waals surface area (Å²) in [5.41, 5.74) is 2.44. The van der Waals surface area contributed by atoms with E-state index in [-0.39, 0.29) is 36.0 Å². The topological polar surface area (TPSA) is 122 Å². The van der Waals surface area contributed by atoms with Crippen LogP contribution < -0.4 is 4.90 Å². The van der Waals surface area contributed by atoms with Crippen LogP contribution in [0.25, 0.3) is 0 Å². The number of hydrogen-bond donors (Lipinski definition) is 2. The largest absolute Gasteiger partial charge is 0.476 e. The lowest BCUT2D eigenvalue weighted by molar-refractivity contribution is -0.220. The number of aliphatic hydroxyl groups is 1. The fraction of sp³-hybridized carbons (Fsp3) is 0.324. The molecule has 11 heteroatoms. The third-order valence-electron chi connectivity index (χ3n) is 8.52. The molecule has 0 radical (unpaired) electrons. The number of carbonyl (C=O) groups is 2. The van der Waals surface area contributed by atoms with Gasteiger partial charge in [-0.15, -0.1) is 0 Å². The Hall–Kier alpha value is -4.45. The number of aliphatic hydroxyl groups excluding tert-OH is 1. The first kappa shape index (κ1) is 30.6. The van der Waals surface area contributed by atoms with Gasteiger partial charge in [-0.05, 0) is 78.8 Å². The van der Waals surface area contributed by atoms with Crippen LogP contribution in [-0.2, 0) is 27.3 Å².